The van der Waals surface area contributed by atoms with Crippen molar-refractivity contribution in [2.75, 3.05) is 11.1 Å². The lowest BCUT2D eigenvalue weighted by Crippen LogP contribution is -2.17. The average molecular weight is 442 g/mol. The van der Waals surface area contributed by atoms with Crippen LogP contribution in [0.2, 0.25) is 0 Å². The number of amides is 1. The molecule has 0 fully saturated rings. The average Bonchev–Trinajstić information content (AvgIpc) is 3.05. The van der Waals surface area contributed by atoms with Crippen LogP contribution in [-0.2, 0) is 4.79 Å². The van der Waals surface area contributed by atoms with Gasteiger partial charge in [0, 0.05) is 22.5 Å². The van der Waals surface area contributed by atoms with Crippen LogP contribution in [0.25, 0.3) is 17.2 Å². The first-order valence-corrected chi connectivity index (χ1v) is 11.5. The van der Waals surface area contributed by atoms with E-state index in [4.69, 9.17) is 5.10 Å². The molecule has 1 aliphatic heterocycles. The van der Waals surface area contributed by atoms with Gasteiger partial charge in [-0.25, -0.2) is 9.97 Å². The zero-order valence-corrected chi connectivity index (χ0v) is 19.0. The molecule has 0 radical (unpaired) electrons. The lowest BCUT2D eigenvalue weighted by atomic mass is 9.99. The third kappa shape index (κ3) is 3.80. The van der Waals surface area contributed by atoms with E-state index in [-0.39, 0.29) is 11.2 Å². The molecule has 1 atom stereocenters. The maximum Gasteiger partial charge on any atom is 0.252 e. The Morgan fingerprint density at radius 1 is 0.969 bits per heavy atom. The predicted molar refractivity (Wildman–Crippen MR) is 128 cm³/mol. The Morgan fingerprint density at radius 2 is 1.66 bits per heavy atom. The molecule has 2 aromatic carbocycles. The summed E-state index contributed by atoms with van der Waals surface area (Å²) < 4.78 is 1.68. The van der Waals surface area contributed by atoms with Gasteiger partial charge in [-0.05, 0) is 32.4 Å². The van der Waals surface area contributed by atoms with E-state index in [1.807, 2.05) is 50.2 Å². The molecule has 32 heavy (non-hydrogen) atoms. The topological polar surface area (TPSA) is 72.7 Å². The molecule has 1 N–H and O–H groups in total. The molecular formula is C25H23N5OS. The summed E-state index contributed by atoms with van der Waals surface area (Å²) >= 11 is 1.61. The van der Waals surface area contributed by atoms with Crippen LogP contribution in [0.15, 0.2) is 60.7 Å². The molecular weight excluding hydrogens is 418 g/mol. The molecule has 4 aromatic rings. The van der Waals surface area contributed by atoms with Crippen LogP contribution in [0.1, 0.15) is 33.3 Å². The molecule has 0 aliphatic carbocycles. The molecule has 6 nitrogen and oxygen atoms in total. The van der Waals surface area contributed by atoms with E-state index in [9.17, 15) is 4.79 Å². The lowest BCUT2D eigenvalue weighted by Gasteiger charge is -2.16. The van der Waals surface area contributed by atoms with Crippen molar-refractivity contribution < 1.29 is 4.79 Å². The van der Waals surface area contributed by atoms with Gasteiger partial charge in [0.2, 0.25) is 5.91 Å². The number of carbonyl (C=O) groups is 1. The number of aromatic nitrogens is 4. The first-order chi connectivity index (χ1) is 15.5. The third-order valence-corrected chi connectivity index (χ3v) is 6.68. The summed E-state index contributed by atoms with van der Waals surface area (Å²) in [6.07, 6.45) is 0. The number of thioether (sulfide) groups is 1. The fourth-order valence-electron chi connectivity index (χ4n) is 3.97. The molecule has 2 aromatic heterocycles. The Bertz CT molecular complexity index is 1280. The van der Waals surface area contributed by atoms with Gasteiger partial charge in [-0.1, -0.05) is 60.2 Å². The molecule has 1 amide bonds. The highest BCUT2D eigenvalue weighted by Gasteiger charge is 2.33. The molecule has 0 saturated heterocycles. The number of hydrogen-bond acceptors (Lipinski definition) is 5. The number of hydrogen-bond donors (Lipinski definition) is 1. The molecule has 0 spiro atoms. The SMILES string of the molecule is Cc1ccc([C@@H]2SCC(=O)Nc3c2c(-c2ccccc2)nn3-c2nc(C)cc(C)n2)cc1. The fraction of sp³-hybridized carbons (Fsp3) is 0.200. The van der Waals surface area contributed by atoms with E-state index in [1.165, 1.54) is 5.56 Å². The molecule has 160 valence electrons. The maximum atomic E-state index is 12.7. The van der Waals surface area contributed by atoms with Crippen LogP contribution in [0.4, 0.5) is 5.82 Å². The minimum Gasteiger partial charge on any atom is -0.309 e. The number of nitrogens with zero attached hydrogens (tertiary/aromatic N) is 4. The Morgan fingerprint density at radius 3 is 2.34 bits per heavy atom. The number of benzene rings is 2. The van der Waals surface area contributed by atoms with Crippen LogP contribution < -0.4 is 5.32 Å². The van der Waals surface area contributed by atoms with Gasteiger partial charge in [0.1, 0.15) is 5.82 Å². The van der Waals surface area contributed by atoms with Crippen LogP contribution in [0.3, 0.4) is 0 Å². The summed E-state index contributed by atoms with van der Waals surface area (Å²) in [4.78, 5) is 22.0. The van der Waals surface area contributed by atoms with Crippen molar-refractivity contribution in [2.24, 2.45) is 0 Å². The Kier molecular flexibility index (Phi) is 5.27. The summed E-state index contributed by atoms with van der Waals surface area (Å²) in [5.41, 5.74) is 6.81. The first kappa shape index (κ1) is 20.5. The number of rotatable bonds is 3. The van der Waals surface area contributed by atoms with Crippen LogP contribution in [-0.4, -0.2) is 31.4 Å². The fourth-order valence-corrected chi connectivity index (χ4v) is 5.10. The maximum absolute atomic E-state index is 12.7. The van der Waals surface area contributed by atoms with E-state index in [1.54, 1.807) is 16.4 Å². The normalized spacial score (nSPS) is 15.7. The van der Waals surface area contributed by atoms with Crippen LogP contribution >= 0.6 is 11.8 Å². The van der Waals surface area contributed by atoms with Crippen molar-refractivity contribution in [1.29, 1.82) is 0 Å². The van der Waals surface area contributed by atoms with Crippen molar-refractivity contribution in [3.05, 3.63) is 88.7 Å². The van der Waals surface area contributed by atoms with Crippen molar-refractivity contribution in [2.45, 2.75) is 26.0 Å². The van der Waals surface area contributed by atoms with Crippen molar-refractivity contribution in [3.63, 3.8) is 0 Å². The minimum absolute atomic E-state index is 0.0561. The molecule has 0 saturated carbocycles. The van der Waals surface area contributed by atoms with E-state index in [0.29, 0.717) is 17.5 Å². The van der Waals surface area contributed by atoms with Gasteiger partial charge in [-0.2, -0.15) is 9.78 Å². The first-order valence-electron chi connectivity index (χ1n) is 10.5. The number of fused-ring (bicyclic) bond motifs is 1. The summed E-state index contributed by atoms with van der Waals surface area (Å²) in [5.74, 6) is 1.39. The van der Waals surface area contributed by atoms with E-state index in [2.05, 4.69) is 46.5 Å². The highest BCUT2D eigenvalue weighted by Crippen LogP contribution is 2.46. The van der Waals surface area contributed by atoms with Crippen molar-refractivity contribution in [3.8, 4) is 17.2 Å². The zero-order chi connectivity index (χ0) is 22.2. The lowest BCUT2D eigenvalue weighted by molar-refractivity contribution is -0.113. The van der Waals surface area contributed by atoms with E-state index in [0.717, 1.165) is 33.8 Å². The molecule has 1 aliphatic rings. The predicted octanol–water partition coefficient (Wildman–Crippen LogP) is 5.03. The largest absolute Gasteiger partial charge is 0.309 e. The Hall–Kier alpha value is -3.45. The highest BCUT2D eigenvalue weighted by molar-refractivity contribution is 8.00. The van der Waals surface area contributed by atoms with Gasteiger partial charge in [-0.15, -0.1) is 11.8 Å². The van der Waals surface area contributed by atoms with Crippen LogP contribution in [0.5, 0.6) is 0 Å². The second kappa shape index (κ2) is 8.24. The smallest absolute Gasteiger partial charge is 0.252 e. The number of nitrogens with one attached hydrogen (secondary N) is 1. The Balaban J connectivity index is 1.80. The summed E-state index contributed by atoms with van der Waals surface area (Å²) in [5, 5.41) is 7.98. The molecule has 0 bridgehead atoms. The number of anilines is 1. The molecule has 3 heterocycles. The van der Waals surface area contributed by atoms with E-state index >= 15 is 0 Å². The quantitative estimate of drug-likeness (QED) is 0.483. The summed E-state index contributed by atoms with van der Waals surface area (Å²) in [6, 6.07) is 20.5. The standard InChI is InChI=1S/C25H23N5OS/c1-15-9-11-19(12-10-15)23-21-22(18-7-5-4-6-8-18)29-30(24(21)28-20(31)14-32-23)25-26-16(2)13-17(3)27-25/h4-13,23H,14H2,1-3H3,(H,28,31)/t23-/m0/s1. The van der Waals surface area contributed by atoms with Crippen molar-refractivity contribution in [1.82, 2.24) is 19.7 Å². The van der Waals surface area contributed by atoms with Gasteiger partial charge >= 0.3 is 0 Å². The minimum atomic E-state index is -0.0593. The third-order valence-electron chi connectivity index (χ3n) is 5.41. The van der Waals surface area contributed by atoms with Gasteiger partial charge in [0.25, 0.3) is 5.95 Å². The van der Waals surface area contributed by atoms with Crippen molar-refractivity contribution >= 4 is 23.5 Å². The van der Waals surface area contributed by atoms with Gasteiger partial charge in [-0.3, -0.25) is 4.79 Å². The number of carbonyl (C=O) groups excluding carboxylic acids is 1. The Labute approximate surface area is 191 Å². The van der Waals surface area contributed by atoms with Gasteiger partial charge < -0.3 is 5.32 Å². The van der Waals surface area contributed by atoms with Crippen LogP contribution in [0, 0.1) is 20.8 Å². The number of aryl methyl sites for hydroxylation is 3. The second-order valence-electron chi connectivity index (χ2n) is 7.99. The van der Waals surface area contributed by atoms with E-state index < -0.39 is 0 Å². The molecule has 7 heteroatoms. The van der Waals surface area contributed by atoms with Gasteiger partial charge in [0.15, 0.2) is 0 Å². The molecule has 0 unspecified atom stereocenters. The second-order valence-corrected chi connectivity index (χ2v) is 9.08. The highest BCUT2D eigenvalue weighted by atomic mass is 32.2. The summed E-state index contributed by atoms with van der Waals surface area (Å²) in [7, 11) is 0. The monoisotopic (exact) mass is 441 g/mol. The molecule has 5 rings (SSSR count). The zero-order valence-electron chi connectivity index (χ0n) is 18.2. The summed E-state index contributed by atoms with van der Waals surface area (Å²) in [6.45, 7) is 5.94. The van der Waals surface area contributed by atoms with Gasteiger partial charge in [0.05, 0.1) is 16.7 Å².